The van der Waals surface area contributed by atoms with Crippen LogP contribution in [0.3, 0.4) is 0 Å². The third kappa shape index (κ3) is 2.55. The number of imidazole rings is 1. The number of fused-ring (bicyclic) bond motifs is 1. The van der Waals surface area contributed by atoms with Crippen LogP contribution in [-0.2, 0) is 6.54 Å². The van der Waals surface area contributed by atoms with E-state index in [1.165, 1.54) is 5.56 Å². The van der Waals surface area contributed by atoms with Crippen molar-refractivity contribution in [3.05, 3.63) is 78.6 Å². The molecule has 0 radical (unpaired) electrons. The first-order valence-electron chi connectivity index (χ1n) is 7.51. The molecule has 0 atom stereocenters. The average molecular weight is 300 g/mol. The molecular weight excluding hydrogens is 284 g/mol. The molecule has 0 spiro atoms. The Morgan fingerprint density at radius 1 is 0.957 bits per heavy atom. The van der Waals surface area contributed by atoms with E-state index in [4.69, 9.17) is 10.7 Å². The highest BCUT2D eigenvalue weighted by Gasteiger charge is 2.13. The summed E-state index contributed by atoms with van der Waals surface area (Å²) in [5.74, 6) is 0.905. The van der Waals surface area contributed by atoms with Crippen molar-refractivity contribution in [3.63, 3.8) is 0 Å². The smallest absolute Gasteiger partial charge is 0.143 e. The van der Waals surface area contributed by atoms with E-state index in [-0.39, 0.29) is 0 Å². The topological polar surface area (TPSA) is 56.7 Å². The van der Waals surface area contributed by atoms with Gasteiger partial charge < -0.3 is 10.3 Å². The van der Waals surface area contributed by atoms with Crippen LogP contribution in [-0.4, -0.2) is 14.5 Å². The summed E-state index contributed by atoms with van der Waals surface area (Å²) < 4.78 is 2.21. The van der Waals surface area contributed by atoms with E-state index in [0.29, 0.717) is 0 Å². The Labute approximate surface area is 134 Å². The number of nitrogen functional groups attached to an aromatic ring is 1. The van der Waals surface area contributed by atoms with Crippen molar-refractivity contribution >= 4 is 16.7 Å². The molecule has 0 saturated carbocycles. The highest BCUT2D eigenvalue weighted by Crippen LogP contribution is 2.26. The highest BCUT2D eigenvalue weighted by atomic mass is 15.1. The minimum Gasteiger partial charge on any atom is -0.399 e. The van der Waals surface area contributed by atoms with Gasteiger partial charge in [-0.05, 0) is 35.9 Å². The number of nitrogens with zero attached hydrogens (tertiary/aromatic N) is 3. The number of hydrogen-bond acceptors (Lipinski definition) is 3. The predicted octanol–water partition coefficient (Wildman–Crippen LogP) is 3.73. The van der Waals surface area contributed by atoms with Crippen LogP contribution in [0, 0.1) is 0 Å². The van der Waals surface area contributed by atoms with E-state index in [0.717, 1.165) is 34.7 Å². The zero-order valence-corrected chi connectivity index (χ0v) is 12.6. The monoisotopic (exact) mass is 300 g/mol. The van der Waals surface area contributed by atoms with Crippen molar-refractivity contribution < 1.29 is 0 Å². The molecule has 4 nitrogen and oxygen atoms in total. The zero-order chi connectivity index (χ0) is 15.6. The summed E-state index contributed by atoms with van der Waals surface area (Å²) in [6, 6.07) is 20.2. The Bertz CT molecular complexity index is 943. The van der Waals surface area contributed by atoms with Gasteiger partial charge in [-0.3, -0.25) is 4.98 Å². The molecule has 4 rings (SSSR count). The van der Waals surface area contributed by atoms with Crippen molar-refractivity contribution in [3.8, 4) is 11.4 Å². The second-order valence-electron chi connectivity index (χ2n) is 5.50. The first kappa shape index (κ1) is 13.5. The Hall–Kier alpha value is -3.14. The van der Waals surface area contributed by atoms with Gasteiger partial charge in [0.2, 0.25) is 0 Å². The molecule has 2 N–H and O–H groups in total. The third-order valence-electron chi connectivity index (χ3n) is 3.88. The minimum absolute atomic E-state index is 0.722. The normalized spacial score (nSPS) is 11.0. The van der Waals surface area contributed by atoms with Crippen LogP contribution in [0.5, 0.6) is 0 Å². The third-order valence-corrected chi connectivity index (χ3v) is 3.88. The van der Waals surface area contributed by atoms with E-state index in [2.05, 4.69) is 33.8 Å². The molecule has 0 unspecified atom stereocenters. The zero-order valence-electron chi connectivity index (χ0n) is 12.6. The fourth-order valence-corrected chi connectivity index (χ4v) is 2.79. The standard InChI is InChI=1S/C19H16N4/c20-16-8-9-18-17(11-16)22-19(15-7-4-10-21-12-15)23(18)13-14-5-2-1-3-6-14/h1-12H,13,20H2. The molecule has 0 saturated heterocycles. The number of aromatic nitrogens is 3. The van der Waals surface area contributed by atoms with Crippen LogP contribution in [0.2, 0.25) is 0 Å². The van der Waals surface area contributed by atoms with Gasteiger partial charge in [0.05, 0.1) is 11.0 Å². The van der Waals surface area contributed by atoms with Gasteiger partial charge in [-0.15, -0.1) is 0 Å². The quantitative estimate of drug-likeness (QED) is 0.587. The van der Waals surface area contributed by atoms with Gasteiger partial charge in [0.25, 0.3) is 0 Å². The SMILES string of the molecule is Nc1ccc2c(c1)nc(-c1cccnc1)n2Cc1ccccc1. The molecule has 0 amide bonds. The van der Waals surface area contributed by atoms with E-state index in [1.807, 2.05) is 42.6 Å². The minimum atomic E-state index is 0.722. The van der Waals surface area contributed by atoms with Gasteiger partial charge in [-0.2, -0.15) is 0 Å². The van der Waals surface area contributed by atoms with Crippen LogP contribution >= 0.6 is 0 Å². The van der Waals surface area contributed by atoms with E-state index in [9.17, 15) is 0 Å². The number of hydrogen-bond donors (Lipinski definition) is 1. The Morgan fingerprint density at radius 3 is 2.61 bits per heavy atom. The molecule has 2 heterocycles. The lowest BCUT2D eigenvalue weighted by Gasteiger charge is -2.09. The molecular formula is C19H16N4. The fourth-order valence-electron chi connectivity index (χ4n) is 2.79. The summed E-state index contributed by atoms with van der Waals surface area (Å²) in [5, 5.41) is 0. The van der Waals surface area contributed by atoms with Gasteiger partial charge in [0.1, 0.15) is 5.82 Å². The van der Waals surface area contributed by atoms with Crippen LogP contribution in [0.4, 0.5) is 5.69 Å². The fraction of sp³-hybridized carbons (Fsp3) is 0.0526. The number of pyridine rings is 1. The van der Waals surface area contributed by atoms with Crippen LogP contribution in [0.15, 0.2) is 73.1 Å². The molecule has 4 heteroatoms. The average Bonchev–Trinajstić information content (AvgIpc) is 2.94. The molecule has 112 valence electrons. The Balaban J connectivity index is 1.92. The van der Waals surface area contributed by atoms with Crippen molar-refractivity contribution in [2.24, 2.45) is 0 Å². The molecule has 0 aliphatic heterocycles. The first-order chi connectivity index (χ1) is 11.3. The summed E-state index contributed by atoms with van der Waals surface area (Å²) in [6.45, 7) is 0.755. The van der Waals surface area contributed by atoms with Crippen molar-refractivity contribution in [1.29, 1.82) is 0 Å². The largest absolute Gasteiger partial charge is 0.399 e. The lowest BCUT2D eigenvalue weighted by Crippen LogP contribution is -2.02. The summed E-state index contributed by atoms with van der Waals surface area (Å²) in [5.41, 5.74) is 10.8. The van der Waals surface area contributed by atoms with Gasteiger partial charge in [0.15, 0.2) is 0 Å². The number of benzene rings is 2. The summed E-state index contributed by atoms with van der Waals surface area (Å²) in [7, 11) is 0. The van der Waals surface area contributed by atoms with Crippen LogP contribution in [0.25, 0.3) is 22.4 Å². The lowest BCUT2D eigenvalue weighted by molar-refractivity contribution is 0.834. The molecule has 4 aromatic rings. The lowest BCUT2D eigenvalue weighted by atomic mass is 10.2. The van der Waals surface area contributed by atoms with Crippen molar-refractivity contribution in [2.75, 3.05) is 5.73 Å². The molecule has 2 aromatic heterocycles. The number of anilines is 1. The van der Waals surface area contributed by atoms with E-state index < -0.39 is 0 Å². The molecule has 2 aromatic carbocycles. The van der Waals surface area contributed by atoms with Gasteiger partial charge >= 0.3 is 0 Å². The summed E-state index contributed by atoms with van der Waals surface area (Å²) in [6.07, 6.45) is 3.61. The van der Waals surface area contributed by atoms with Crippen LogP contribution in [0.1, 0.15) is 5.56 Å². The maximum absolute atomic E-state index is 5.91. The van der Waals surface area contributed by atoms with Crippen LogP contribution < -0.4 is 5.73 Å². The van der Waals surface area contributed by atoms with Crippen molar-refractivity contribution in [1.82, 2.24) is 14.5 Å². The van der Waals surface area contributed by atoms with E-state index >= 15 is 0 Å². The maximum Gasteiger partial charge on any atom is 0.143 e. The second kappa shape index (κ2) is 5.57. The summed E-state index contributed by atoms with van der Waals surface area (Å²) >= 11 is 0. The molecule has 0 bridgehead atoms. The van der Waals surface area contributed by atoms with Gasteiger partial charge in [-0.25, -0.2) is 4.98 Å². The second-order valence-corrected chi connectivity index (χ2v) is 5.50. The van der Waals surface area contributed by atoms with Crippen molar-refractivity contribution in [2.45, 2.75) is 6.54 Å². The van der Waals surface area contributed by atoms with E-state index in [1.54, 1.807) is 6.20 Å². The molecule has 0 fully saturated rings. The molecule has 0 aliphatic carbocycles. The number of rotatable bonds is 3. The Kier molecular flexibility index (Phi) is 3.27. The number of nitrogens with two attached hydrogens (primary N) is 1. The van der Waals surface area contributed by atoms with Gasteiger partial charge in [-0.1, -0.05) is 30.3 Å². The predicted molar refractivity (Wildman–Crippen MR) is 92.9 cm³/mol. The summed E-state index contributed by atoms with van der Waals surface area (Å²) in [4.78, 5) is 9.00. The highest BCUT2D eigenvalue weighted by molar-refractivity contribution is 5.83. The molecule has 23 heavy (non-hydrogen) atoms. The molecule has 0 aliphatic rings. The maximum atomic E-state index is 5.91. The van der Waals surface area contributed by atoms with Gasteiger partial charge in [0, 0.05) is 30.2 Å². The Morgan fingerprint density at radius 2 is 1.83 bits per heavy atom. The first-order valence-corrected chi connectivity index (χ1v) is 7.51.